The molecule has 0 saturated carbocycles. The van der Waals surface area contributed by atoms with E-state index < -0.39 is 0 Å². The molecule has 0 saturated heterocycles. The molecule has 3 aromatic carbocycles. The van der Waals surface area contributed by atoms with Gasteiger partial charge in [-0.15, -0.1) is 0 Å². The average Bonchev–Trinajstić information content (AvgIpc) is 3.14. The zero-order valence-corrected chi connectivity index (χ0v) is 18.1. The van der Waals surface area contributed by atoms with Crippen molar-refractivity contribution in [3.8, 4) is 16.9 Å². The SMILES string of the molecule is CCc1ccc2ncc3c(-c4cccc(Br)c4)nn(-c4ccc(Cl)cc4)c3c2c1. The highest BCUT2D eigenvalue weighted by Crippen LogP contribution is 2.35. The Morgan fingerprint density at radius 2 is 1.79 bits per heavy atom. The molecular formula is C24H17BrClN3. The van der Waals surface area contributed by atoms with Gasteiger partial charge in [-0.3, -0.25) is 4.98 Å². The molecule has 0 amide bonds. The van der Waals surface area contributed by atoms with Crippen molar-refractivity contribution >= 4 is 49.3 Å². The summed E-state index contributed by atoms with van der Waals surface area (Å²) in [5.74, 6) is 0. The van der Waals surface area contributed by atoms with Crippen molar-refractivity contribution in [2.75, 3.05) is 0 Å². The first-order valence-corrected chi connectivity index (χ1v) is 10.6. The third-order valence-corrected chi connectivity index (χ3v) is 5.89. The van der Waals surface area contributed by atoms with Crippen molar-refractivity contribution in [1.82, 2.24) is 14.8 Å². The number of rotatable bonds is 3. The molecule has 0 spiro atoms. The summed E-state index contributed by atoms with van der Waals surface area (Å²) in [5.41, 5.74) is 6.22. The van der Waals surface area contributed by atoms with Crippen LogP contribution in [0.3, 0.4) is 0 Å². The molecule has 29 heavy (non-hydrogen) atoms. The second kappa shape index (κ2) is 7.29. The van der Waals surface area contributed by atoms with Gasteiger partial charge in [0.1, 0.15) is 5.69 Å². The second-order valence-electron chi connectivity index (χ2n) is 6.97. The standard InChI is InChI=1S/C24H17BrClN3/c1-2-15-6-11-22-20(12-15)24-21(14-27-22)23(16-4-3-5-17(25)13-16)28-29(24)19-9-7-18(26)8-10-19/h3-14H,2H2,1H3. The van der Waals surface area contributed by atoms with Crippen LogP contribution in [0, 0.1) is 0 Å². The Labute approximate surface area is 182 Å². The summed E-state index contributed by atoms with van der Waals surface area (Å²) < 4.78 is 3.02. The van der Waals surface area contributed by atoms with Crippen LogP contribution in [0.2, 0.25) is 5.02 Å². The van der Waals surface area contributed by atoms with E-state index in [1.165, 1.54) is 5.56 Å². The van der Waals surface area contributed by atoms with Crippen molar-refractivity contribution in [3.63, 3.8) is 0 Å². The van der Waals surface area contributed by atoms with Crippen molar-refractivity contribution in [2.45, 2.75) is 13.3 Å². The lowest BCUT2D eigenvalue weighted by atomic mass is 10.0. The third kappa shape index (κ3) is 3.22. The highest BCUT2D eigenvalue weighted by Gasteiger charge is 2.17. The maximum absolute atomic E-state index is 6.13. The molecule has 0 aliphatic rings. The normalized spacial score (nSPS) is 11.4. The summed E-state index contributed by atoms with van der Waals surface area (Å²) in [6.45, 7) is 2.16. The van der Waals surface area contributed by atoms with Crippen LogP contribution in [-0.2, 0) is 6.42 Å². The molecule has 0 aliphatic heterocycles. The van der Waals surface area contributed by atoms with Gasteiger partial charge in [-0.25, -0.2) is 4.68 Å². The van der Waals surface area contributed by atoms with E-state index in [0.717, 1.165) is 49.6 Å². The molecule has 2 heterocycles. The Hall–Kier alpha value is -2.69. The van der Waals surface area contributed by atoms with Gasteiger partial charge >= 0.3 is 0 Å². The zero-order chi connectivity index (χ0) is 20.0. The number of fused-ring (bicyclic) bond motifs is 3. The first kappa shape index (κ1) is 18.3. The molecule has 0 unspecified atom stereocenters. The van der Waals surface area contributed by atoms with Crippen LogP contribution in [0.15, 0.2) is 77.4 Å². The number of nitrogens with zero attached hydrogens (tertiary/aromatic N) is 3. The summed E-state index contributed by atoms with van der Waals surface area (Å²) >= 11 is 9.70. The summed E-state index contributed by atoms with van der Waals surface area (Å²) in [6, 6.07) is 22.4. The lowest BCUT2D eigenvalue weighted by molar-refractivity contribution is 0.917. The average molecular weight is 463 g/mol. The van der Waals surface area contributed by atoms with Crippen molar-refractivity contribution in [3.05, 3.63) is 88.0 Å². The fourth-order valence-corrected chi connectivity index (χ4v) is 4.19. The molecule has 0 aliphatic carbocycles. The van der Waals surface area contributed by atoms with Gasteiger partial charge in [0.2, 0.25) is 0 Å². The van der Waals surface area contributed by atoms with Gasteiger partial charge < -0.3 is 0 Å². The van der Waals surface area contributed by atoms with E-state index in [-0.39, 0.29) is 0 Å². The summed E-state index contributed by atoms with van der Waals surface area (Å²) in [7, 11) is 0. The maximum Gasteiger partial charge on any atom is 0.102 e. The van der Waals surface area contributed by atoms with E-state index in [9.17, 15) is 0 Å². The molecular weight excluding hydrogens is 446 g/mol. The van der Waals surface area contributed by atoms with Gasteiger partial charge in [-0.2, -0.15) is 5.10 Å². The number of benzene rings is 3. The molecule has 3 nitrogen and oxygen atoms in total. The van der Waals surface area contributed by atoms with Crippen molar-refractivity contribution in [1.29, 1.82) is 0 Å². The molecule has 0 N–H and O–H groups in total. The topological polar surface area (TPSA) is 30.7 Å². The van der Waals surface area contributed by atoms with Crippen LogP contribution in [-0.4, -0.2) is 14.8 Å². The summed E-state index contributed by atoms with van der Waals surface area (Å²) in [6.07, 6.45) is 2.90. The van der Waals surface area contributed by atoms with Crippen molar-refractivity contribution < 1.29 is 0 Å². The first-order chi connectivity index (χ1) is 14.1. The van der Waals surface area contributed by atoms with Crippen LogP contribution in [0.25, 0.3) is 38.8 Å². The lowest BCUT2D eigenvalue weighted by Crippen LogP contribution is -1.97. The highest BCUT2D eigenvalue weighted by molar-refractivity contribution is 9.10. The van der Waals surface area contributed by atoms with Crippen LogP contribution in [0.1, 0.15) is 12.5 Å². The van der Waals surface area contributed by atoms with E-state index in [0.29, 0.717) is 5.02 Å². The number of hydrogen-bond acceptors (Lipinski definition) is 2. The van der Waals surface area contributed by atoms with Crippen molar-refractivity contribution in [2.24, 2.45) is 0 Å². The van der Waals surface area contributed by atoms with Gasteiger partial charge in [-0.1, -0.05) is 52.7 Å². The molecule has 142 valence electrons. The number of aromatic nitrogens is 3. The second-order valence-corrected chi connectivity index (χ2v) is 8.32. The summed E-state index contributed by atoms with van der Waals surface area (Å²) in [5, 5.41) is 7.85. The Balaban J connectivity index is 1.90. The predicted molar refractivity (Wildman–Crippen MR) is 124 cm³/mol. The van der Waals surface area contributed by atoms with Crippen LogP contribution in [0.4, 0.5) is 0 Å². The van der Waals surface area contributed by atoms with Crippen LogP contribution < -0.4 is 0 Å². The Kier molecular flexibility index (Phi) is 4.61. The van der Waals surface area contributed by atoms with Gasteiger partial charge in [0.25, 0.3) is 0 Å². The minimum Gasteiger partial charge on any atom is -0.255 e. The largest absolute Gasteiger partial charge is 0.255 e. The third-order valence-electron chi connectivity index (χ3n) is 5.15. The molecule has 2 aromatic heterocycles. The Morgan fingerprint density at radius 1 is 0.966 bits per heavy atom. The monoisotopic (exact) mass is 461 g/mol. The van der Waals surface area contributed by atoms with E-state index in [1.807, 2.05) is 47.3 Å². The molecule has 0 radical (unpaired) electrons. The Bertz CT molecular complexity index is 1360. The first-order valence-electron chi connectivity index (χ1n) is 9.46. The number of halogens is 2. The fraction of sp³-hybridized carbons (Fsp3) is 0.0833. The zero-order valence-electron chi connectivity index (χ0n) is 15.7. The minimum atomic E-state index is 0.706. The molecule has 5 rings (SSSR count). The Morgan fingerprint density at radius 3 is 2.55 bits per heavy atom. The smallest absolute Gasteiger partial charge is 0.102 e. The predicted octanol–water partition coefficient (Wildman–Crippen LogP) is 7.22. The minimum absolute atomic E-state index is 0.706. The van der Waals surface area contributed by atoms with Gasteiger partial charge in [-0.05, 0) is 60.5 Å². The van der Waals surface area contributed by atoms with E-state index in [2.05, 4.69) is 53.2 Å². The number of hydrogen-bond donors (Lipinski definition) is 0. The number of aryl methyl sites for hydroxylation is 1. The molecule has 5 aromatic rings. The van der Waals surface area contributed by atoms with Gasteiger partial charge in [0.05, 0.1) is 16.7 Å². The maximum atomic E-state index is 6.13. The summed E-state index contributed by atoms with van der Waals surface area (Å²) in [4.78, 5) is 4.73. The highest BCUT2D eigenvalue weighted by atomic mass is 79.9. The number of pyridine rings is 1. The van der Waals surface area contributed by atoms with Gasteiger partial charge in [0.15, 0.2) is 0 Å². The van der Waals surface area contributed by atoms with Gasteiger partial charge in [0, 0.05) is 32.0 Å². The molecule has 0 atom stereocenters. The van der Waals surface area contributed by atoms with E-state index >= 15 is 0 Å². The van der Waals surface area contributed by atoms with Crippen LogP contribution >= 0.6 is 27.5 Å². The van der Waals surface area contributed by atoms with Crippen LogP contribution in [0.5, 0.6) is 0 Å². The molecule has 0 bridgehead atoms. The van der Waals surface area contributed by atoms with E-state index in [1.54, 1.807) is 0 Å². The molecule has 5 heteroatoms. The molecule has 0 fully saturated rings. The fourth-order valence-electron chi connectivity index (χ4n) is 3.67. The van der Waals surface area contributed by atoms with E-state index in [4.69, 9.17) is 21.7 Å². The lowest BCUT2D eigenvalue weighted by Gasteiger charge is -2.07. The quantitative estimate of drug-likeness (QED) is 0.283.